The smallest absolute Gasteiger partial charge is 0.207 e. The van der Waals surface area contributed by atoms with Crippen LogP contribution in [0, 0.1) is 12.3 Å². The molecular weight excluding hydrogens is 258 g/mol. The first-order chi connectivity index (χ1) is 8.71. The summed E-state index contributed by atoms with van der Waals surface area (Å²) in [7, 11) is -3.43. The third kappa shape index (κ3) is 5.88. The third-order valence-corrected chi connectivity index (χ3v) is 3.78. The zero-order valence-electron chi connectivity index (χ0n) is 11.9. The molecule has 0 aromatic heterocycles. The average Bonchev–Trinajstić information content (AvgIpc) is 2.27. The van der Waals surface area contributed by atoms with Crippen molar-refractivity contribution in [2.45, 2.75) is 32.6 Å². The van der Waals surface area contributed by atoms with Gasteiger partial charge in [0.05, 0.1) is 4.90 Å². The highest BCUT2D eigenvalue weighted by Crippen LogP contribution is 2.13. The van der Waals surface area contributed by atoms with E-state index in [4.69, 9.17) is 0 Å². The van der Waals surface area contributed by atoms with Crippen LogP contribution in [0.15, 0.2) is 47.0 Å². The summed E-state index contributed by atoms with van der Waals surface area (Å²) in [6.45, 7) is 8.34. The van der Waals surface area contributed by atoms with Gasteiger partial charge in [-0.25, -0.2) is 13.1 Å². The van der Waals surface area contributed by atoms with Gasteiger partial charge in [-0.05, 0) is 36.6 Å². The summed E-state index contributed by atoms with van der Waals surface area (Å²) in [4.78, 5) is 0.284. The molecule has 0 fully saturated rings. The molecule has 0 spiro atoms. The van der Waals surface area contributed by atoms with Gasteiger partial charge in [-0.2, -0.15) is 0 Å². The molecule has 0 amide bonds. The second-order valence-electron chi connectivity index (χ2n) is 5.55. The van der Waals surface area contributed by atoms with Crippen LogP contribution in [-0.4, -0.2) is 15.0 Å². The van der Waals surface area contributed by atoms with Crippen molar-refractivity contribution >= 4 is 10.0 Å². The Labute approximate surface area is 116 Å². The van der Waals surface area contributed by atoms with E-state index in [9.17, 15) is 8.42 Å². The number of sulfonamides is 1. The van der Waals surface area contributed by atoms with Gasteiger partial charge in [0.2, 0.25) is 10.0 Å². The molecule has 1 aromatic rings. The van der Waals surface area contributed by atoms with Crippen LogP contribution in [0.5, 0.6) is 0 Å². The predicted molar refractivity (Wildman–Crippen MR) is 78.5 cm³/mol. The second-order valence-corrected chi connectivity index (χ2v) is 7.31. The number of aryl methyl sites for hydroxylation is 1. The normalized spacial score (nSPS) is 11.8. The molecule has 1 rings (SSSR count). The lowest BCUT2D eigenvalue weighted by atomic mass is 9.97. The molecule has 0 aliphatic rings. The zero-order valence-corrected chi connectivity index (χ0v) is 12.7. The maximum absolute atomic E-state index is 11.9. The minimum Gasteiger partial charge on any atom is -0.207 e. The van der Waals surface area contributed by atoms with Gasteiger partial charge in [0.25, 0.3) is 0 Å². The summed E-state index contributed by atoms with van der Waals surface area (Å²) in [5, 5.41) is 0. The molecule has 0 saturated heterocycles. The molecule has 0 unspecified atom stereocenters. The highest BCUT2D eigenvalue weighted by molar-refractivity contribution is 7.89. The van der Waals surface area contributed by atoms with E-state index in [-0.39, 0.29) is 16.9 Å². The van der Waals surface area contributed by atoms with Crippen LogP contribution in [-0.2, 0) is 10.0 Å². The summed E-state index contributed by atoms with van der Waals surface area (Å²) >= 11 is 0. The maximum atomic E-state index is 11.9. The fourth-order valence-electron chi connectivity index (χ4n) is 1.32. The topological polar surface area (TPSA) is 46.2 Å². The fraction of sp³-hybridized carbons (Fsp3) is 0.400. The summed E-state index contributed by atoms with van der Waals surface area (Å²) in [6, 6.07) is 6.77. The summed E-state index contributed by atoms with van der Waals surface area (Å²) in [6.07, 6.45) is 3.59. The van der Waals surface area contributed by atoms with Gasteiger partial charge in [-0.3, -0.25) is 0 Å². The molecule has 0 aliphatic carbocycles. The SMILES string of the molecule is Cc1ccc(S(=O)(=O)NCC=C=CC(C)(C)C)cc1. The first-order valence-electron chi connectivity index (χ1n) is 6.19. The van der Waals surface area contributed by atoms with Crippen molar-refractivity contribution in [3.8, 4) is 0 Å². The molecule has 0 saturated carbocycles. The summed E-state index contributed by atoms with van der Waals surface area (Å²) in [5.74, 6) is 0. The van der Waals surface area contributed by atoms with Crippen molar-refractivity contribution in [1.82, 2.24) is 4.72 Å². The highest BCUT2D eigenvalue weighted by Gasteiger charge is 2.11. The summed E-state index contributed by atoms with van der Waals surface area (Å²) in [5.41, 5.74) is 4.06. The number of benzene rings is 1. The van der Waals surface area contributed by atoms with Crippen LogP contribution < -0.4 is 4.72 Å². The average molecular weight is 279 g/mol. The minimum absolute atomic E-state index is 0.0479. The van der Waals surface area contributed by atoms with Crippen molar-refractivity contribution in [2.24, 2.45) is 5.41 Å². The van der Waals surface area contributed by atoms with Crippen molar-refractivity contribution in [3.05, 3.63) is 47.7 Å². The standard InChI is InChI=1S/C15H21NO2S/c1-13-7-9-14(10-8-13)19(17,18)16-12-6-5-11-15(2,3)4/h6-11,16H,12H2,1-4H3. The third-order valence-electron chi connectivity index (χ3n) is 2.34. The lowest BCUT2D eigenvalue weighted by Crippen LogP contribution is -2.23. The van der Waals surface area contributed by atoms with E-state index >= 15 is 0 Å². The number of hydrogen-bond acceptors (Lipinski definition) is 2. The second kappa shape index (κ2) is 6.20. The first kappa shape index (κ1) is 15.7. The zero-order chi connectivity index (χ0) is 14.5. The van der Waals surface area contributed by atoms with Gasteiger partial charge in [-0.1, -0.05) is 38.5 Å². The van der Waals surface area contributed by atoms with Crippen LogP contribution in [0.2, 0.25) is 0 Å². The largest absolute Gasteiger partial charge is 0.240 e. The van der Waals surface area contributed by atoms with Gasteiger partial charge < -0.3 is 0 Å². The molecular formula is C15H21NO2S. The van der Waals surface area contributed by atoms with Crippen molar-refractivity contribution < 1.29 is 8.42 Å². The Kier molecular flexibility index (Phi) is 5.12. The van der Waals surface area contributed by atoms with Gasteiger partial charge in [0.1, 0.15) is 0 Å². The van der Waals surface area contributed by atoms with E-state index in [2.05, 4.69) is 31.2 Å². The van der Waals surface area contributed by atoms with E-state index in [1.54, 1.807) is 30.3 Å². The Hall–Kier alpha value is -1.35. The molecule has 3 nitrogen and oxygen atoms in total. The number of rotatable bonds is 4. The molecule has 1 N–H and O–H groups in total. The Morgan fingerprint density at radius 3 is 2.32 bits per heavy atom. The van der Waals surface area contributed by atoms with Gasteiger partial charge in [-0.15, -0.1) is 5.73 Å². The molecule has 0 radical (unpaired) electrons. The van der Waals surface area contributed by atoms with E-state index in [0.29, 0.717) is 0 Å². The first-order valence-corrected chi connectivity index (χ1v) is 7.67. The Morgan fingerprint density at radius 2 is 1.79 bits per heavy atom. The van der Waals surface area contributed by atoms with Gasteiger partial charge in [0.15, 0.2) is 0 Å². The van der Waals surface area contributed by atoms with E-state index < -0.39 is 10.0 Å². The van der Waals surface area contributed by atoms with Crippen molar-refractivity contribution in [3.63, 3.8) is 0 Å². The molecule has 0 bridgehead atoms. The number of nitrogens with one attached hydrogen (secondary N) is 1. The monoisotopic (exact) mass is 279 g/mol. The van der Waals surface area contributed by atoms with Crippen molar-refractivity contribution in [1.29, 1.82) is 0 Å². The van der Waals surface area contributed by atoms with Gasteiger partial charge >= 0.3 is 0 Å². The van der Waals surface area contributed by atoms with E-state index in [1.807, 2.05) is 13.0 Å². The Balaban J connectivity index is 2.67. The van der Waals surface area contributed by atoms with Crippen LogP contribution in [0.4, 0.5) is 0 Å². The fourth-order valence-corrected chi connectivity index (χ4v) is 2.28. The van der Waals surface area contributed by atoms with Crippen LogP contribution in [0.25, 0.3) is 0 Å². The van der Waals surface area contributed by atoms with E-state index in [1.165, 1.54) is 0 Å². The molecule has 0 aliphatic heterocycles. The summed E-state index contributed by atoms with van der Waals surface area (Å²) < 4.78 is 26.4. The molecule has 4 heteroatoms. The predicted octanol–water partition coefficient (Wildman–Crippen LogP) is 3.03. The molecule has 19 heavy (non-hydrogen) atoms. The van der Waals surface area contributed by atoms with Crippen molar-refractivity contribution in [2.75, 3.05) is 6.54 Å². The minimum atomic E-state index is -3.43. The molecule has 1 aromatic carbocycles. The lowest BCUT2D eigenvalue weighted by molar-refractivity contribution is 0.545. The Bertz CT molecular complexity index is 572. The molecule has 104 valence electrons. The van der Waals surface area contributed by atoms with E-state index in [0.717, 1.165) is 5.56 Å². The Morgan fingerprint density at radius 1 is 1.21 bits per heavy atom. The maximum Gasteiger partial charge on any atom is 0.240 e. The van der Waals surface area contributed by atoms with Gasteiger partial charge in [0, 0.05) is 6.54 Å². The molecule has 0 heterocycles. The quantitative estimate of drug-likeness (QED) is 0.861. The van der Waals surface area contributed by atoms with Crippen LogP contribution in [0.3, 0.4) is 0 Å². The lowest BCUT2D eigenvalue weighted by Gasteiger charge is -2.08. The molecule has 0 atom stereocenters. The number of hydrogen-bond donors (Lipinski definition) is 1. The van der Waals surface area contributed by atoms with Crippen LogP contribution in [0.1, 0.15) is 26.3 Å². The highest BCUT2D eigenvalue weighted by atomic mass is 32.2. The van der Waals surface area contributed by atoms with Crippen LogP contribution >= 0.6 is 0 Å².